The summed E-state index contributed by atoms with van der Waals surface area (Å²) in [6.07, 6.45) is 6.35. The third-order valence-corrected chi connectivity index (χ3v) is 4.27. The molecule has 0 radical (unpaired) electrons. The molecular weight excluding hydrogens is 252 g/mol. The second kappa shape index (κ2) is 4.78. The van der Waals surface area contributed by atoms with Crippen LogP contribution < -0.4 is 0 Å². The first-order valence-electron chi connectivity index (χ1n) is 6.87. The fraction of sp³-hybridized carbons (Fsp3) is 0.375. The van der Waals surface area contributed by atoms with E-state index in [-0.39, 0.29) is 0 Å². The Morgan fingerprint density at radius 2 is 2.15 bits per heavy atom. The van der Waals surface area contributed by atoms with Crippen molar-refractivity contribution in [2.75, 3.05) is 0 Å². The van der Waals surface area contributed by atoms with Gasteiger partial charge in [0, 0.05) is 13.2 Å². The number of aryl methyl sites for hydroxylation is 2. The third-order valence-electron chi connectivity index (χ3n) is 4.27. The Hall–Kier alpha value is -2.10. The van der Waals surface area contributed by atoms with Crippen molar-refractivity contribution in [2.24, 2.45) is 12.5 Å². The van der Waals surface area contributed by atoms with Crippen LogP contribution in [0.15, 0.2) is 36.7 Å². The number of carboxylic acid groups (broad SMARTS) is 1. The molecule has 20 heavy (non-hydrogen) atoms. The van der Waals surface area contributed by atoms with Gasteiger partial charge in [-0.1, -0.05) is 24.3 Å². The average Bonchev–Trinajstić information content (AvgIpc) is 2.83. The number of aliphatic carboxylic acids is 1. The highest BCUT2D eigenvalue weighted by atomic mass is 16.4. The van der Waals surface area contributed by atoms with Crippen LogP contribution in [0.5, 0.6) is 0 Å². The third kappa shape index (κ3) is 2.22. The van der Waals surface area contributed by atoms with E-state index in [0.29, 0.717) is 19.3 Å². The molecule has 0 saturated heterocycles. The molecule has 0 spiro atoms. The Balaban J connectivity index is 1.92. The van der Waals surface area contributed by atoms with E-state index in [2.05, 4.69) is 17.2 Å². The Bertz CT molecular complexity index is 647. The quantitative estimate of drug-likeness (QED) is 0.930. The molecule has 1 aromatic heterocycles. The van der Waals surface area contributed by atoms with Crippen molar-refractivity contribution in [3.05, 3.63) is 53.3 Å². The van der Waals surface area contributed by atoms with E-state index < -0.39 is 11.4 Å². The summed E-state index contributed by atoms with van der Waals surface area (Å²) in [7, 11) is 1.85. The lowest BCUT2D eigenvalue weighted by atomic mass is 9.68. The molecule has 1 unspecified atom stereocenters. The minimum absolute atomic E-state index is 0.546. The van der Waals surface area contributed by atoms with Crippen molar-refractivity contribution in [2.45, 2.75) is 25.7 Å². The summed E-state index contributed by atoms with van der Waals surface area (Å²) in [4.78, 5) is 11.9. The molecule has 0 bridgehead atoms. The topological polar surface area (TPSA) is 55.1 Å². The van der Waals surface area contributed by atoms with Gasteiger partial charge in [-0.25, -0.2) is 0 Å². The molecule has 3 rings (SSSR count). The first kappa shape index (κ1) is 12.9. The number of hydrogen-bond acceptors (Lipinski definition) is 2. The maximum absolute atomic E-state index is 11.9. The Labute approximate surface area is 118 Å². The predicted molar refractivity (Wildman–Crippen MR) is 75.4 cm³/mol. The fourth-order valence-corrected chi connectivity index (χ4v) is 3.16. The molecule has 1 N–H and O–H groups in total. The molecule has 0 amide bonds. The zero-order valence-corrected chi connectivity index (χ0v) is 11.5. The molecule has 1 heterocycles. The lowest BCUT2D eigenvalue weighted by Gasteiger charge is -2.34. The molecular formula is C16H18N2O2. The summed E-state index contributed by atoms with van der Waals surface area (Å²) in [5, 5.41) is 13.9. The molecule has 1 aliphatic rings. The van der Waals surface area contributed by atoms with Crippen LogP contribution in [0.1, 0.15) is 23.1 Å². The van der Waals surface area contributed by atoms with E-state index in [0.717, 1.165) is 12.0 Å². The fourth-order valence-electron chi connectivity index (χ4n) is 3.16. The lowest BCUT2D eigenvalue weighted by Crippen LogP contribution is -2.39. The lowest BCUT2D eigenvalue weighted by molar-refractivity contribution is -0.149. The Morgan fingerprint density at radius 1 is 1.40 bits per heavy atom. The van der Waals surface area contributed by atoms with Crippen LogP contribution in [0, 0.1) is 5.41 Å². The average molecular weight is 270 g/mol. The van der Waals surface area contributed by atoms with Gasteiger partial charge >= 0.3 is 5.97 Å². The zero-order chi connectivity index (χ0) is 14.2. The van der Waals surface area contributed by atoms with Gasteiger partial charge in [-0.05, 0) is 42.4 Å². The number of fused-ring (bicyclic) bond motifs is 1. The second-order valence-electron chi connectivity index (χ2n) is 5.73. The molecule has 1 aromatic carbocycles. The number of nitrogens with zero attached hydrogens (tertiary/aromatic N) is 2. The molecule has 0 fully saturated rings. The van der Waals surface area contributed by atoms with E-state index in [1.807, 2.05) is 25.4 Å². The van der Waals surface area contributed by atoms with Crippen LogP contribution in [-0.2, 0) is 31.1 Å². The van der Waals surface area contributed by atoms with Crippen LogP contribution in [0.25, 0.3) is 0 Å². The molecule has 1 aliphatic carbocycles. The van der Waals surface area contributed by atoms with E-state index in [9.17, 15) is 9.90 Å². The summed E-state index contributed by atoms with van der Waals surface area (Å²) in [6, 6.07) is 8.16. The number of carbonyl (C=O) groups is 1. The molecule has 2 aromatic rings. The van der Waals surface area contributed by atoms with Gasteiger partial charge in [0.2, 0.25) is 0 Å². The number of aromatic nitrogens is 2. The monoisotopic (exact) mass is 270 g/mol. The number of benzene rings is 1. The van der Waals surface area contributed by atoms with Gasteiger partial charge in [0.05, 0.1) is 11.6 Å². The second-order valence-corrected chi connectivity index (χ2v) is 5.73. The first-order valence-corrected chi connectivity index (χ1v) is 6.87. The number of carboxylic acids is 1. The van der Waals surface area contributed by atoms with Gasteiger partial charge in [0.15, 0.2) is 0 Å². The van der Waals surface area contributed by atoms with Crippen LogP contribution in [0.2, 0.25) is 0 Å². The van der Waals surface area contributed by atoms with Crippen molar-refractivity contribution < 1.29 is 9.90 Å². The van der Waals surface area contributed by atoms with Crippen LogP contribution in [0.4, 0.5) is 0 Å². The van der Waals surface area contributed by atoms with Crippen molar-refractivity contribution >= 4 is 5.97 Å². The highest BCUT2D eigenvalue weighted by molar-refractivity contribution is 5.76. The minimum Gasteiger partial charge on any atom is -0.481 e. The van der Waals surface area contributed by atoms with Gasteiger partial charge in [0.25, 0.3) is 0 Å². The summed E-state index contributed by atoms with van der Waals surface area (Å²) in [5.41, 5.74) is 2.76. The summed E-state index contributed by atoms with van der Waals surface area (Å²) in [5.74, 6) is -0.698. The normalized spacial score (nSPS) is 21.4. The summed E-state index contributed by atoms with van der Waals surface area (Å²) >= 11 is 0. The SMILES string of the molecule is Cn1cc(CC2(C(=O)O)CCc3ccccc3C2)cn1. The number of hydrogen-bond donors (Lipinski definition) is 1. The van der Waals surface area contributed by atoms with Crippen LogP contribution in [-0.4, -0.2) is 20.9 Å². The van der Waals surface area contributed by atoms with Gasteiger partial charge in [0.1, 0.15) is 0 Å². The number of rotatable bonds is 3. The maximum Gasteiger partial charge on any atom is 0.310 e. The molecule has 1 atom stereocenters. The van der Waals surface area contributed by atoms with Gasteiger partial charge in [-0.3, -0.25) is 9.48 Å². The standard InChI is InChI=1S/C16H18N2O2/c1-18-11-12(10-17-18)8-16(15(19)20)7-6-13-4-2-3-5-14(13)9-16/h2-5,10-11H,6-9H2,1H3,(H,19,20). The van der Waals surface area contributed by atoms with Gasteiger partial charge in [-0.15, -0.1) is 0 Å². The molecule has 104 valence electrons. The van der Waals surface area contributed by atoms with Crippen LogP contribution in [0.3, 0.4) is 0 Å². The predicted octanol–water partition coefficient (Wildman–Crippen LogP) is 2.22. The van der Waals surface area contributed by atoms with Crippen molar-refractivity contribution in [1.29, 1.82) is 0 Å². The van der Waals surface area contributed by atoms with Crippen molar-refractivity contribution in [3.63, 3.8) is 0 Å². The largest absolute Gasteiger partial charge is 0.481 e. The Morgan fingerprint density at radius 3 is 2.80 bits per heavy atom. The highest BCUT2D eigenvalue weighted by Crippen LogP contribution is 2.38. The van der Waals surface area contributed by atoms with Crippen molar-refractivity contribution in [1.82, 2.24) is 9.78 Å². The summed E-state index contributed by atoms with van der Waals surface area (Å²) in [6.45, 7) is 0. The molecule has 0 saturated carbocycles. The minimum atomic E-state index is -0.698. The van der Waals surface area contributed by atoms with Crippen molar-refractivity contribution in [3.8, 4) is 0 Å². The van der Waals surface area contributed by atoms with E-state index in [1.54, 1.807) is 10.9 Å². The first-order chi connectivity index (χ1) is 9.59. The zero-order valence-electron chi connectivity index (χ0n) is 11.5. The molecule has 4 heteroatoms. The summed E-state index contributed by atoms with van der Waals surface area (Å²) < 4.78 is 1.72. The molecule has 0 aliphatic heterocycles. The Kier molecular flexibility index (Phi) is 3.08. The smallest absolute Gasteiger partial charge is 0.310 e. The van der Waals surface area contributed by atoms with Crippen LogP contribution >= 0.6 is 0 Å². The highest BCUT2D eigenvalue weighted by Gasteiger charge is 2.41. The van der Waals surface area contributed by atoms with E-state index in [1.165, 1.54) is 11.1 Å². The van der Waals surface area contributed by atoms with Gasteiger partial charge in [-0.2, -0.15) is 5.10 Å². The van der Waals surface area contributed by atoms with E-state index in [4.69, 9.17) is 0 Å². The van der Waals surface area contributed by atoms with E-state index >= 15 is 0 Å². The maximum atomic E-state index is 11.9. The van der Waals surface area contributed by atoms with Gasteiger partial charge < -0.3 is 5.11 Å². The molecule has 4 nitrogen and oxygen atoms in total.